The maximum Gasteiger partial charge on any atom is 0.305 e. The van der Waals surface area contributed by atoms with Gasteiger partial charge < -0.3 is 4.74 Å². The molecular weight excluding hydrogens is 236 g/mol. The molecule has 2 heteroatoms. The lowest BCUT2D eigenvalue weighted by molar-refractivity contribution is -0.145. The molecule has 0 spiro atoms. The summed E-state index contributed by atoms with van der Waals surface area (Å²) in [6.07, 6.45) is 13.3. The molecule has 0 aliphatic carbocycles. The van der Waals surface area contributed by atoms with Crippen molar-refractivity contribution in [2.45, 2.75) is 91.4 Å². The van der Waals surface area contributed by atoms with Gasteiger partial charge in [-0.25, -0.2) is 0 Å². The molecule has 0 saturated heterocycles. The quantitative estimate of drug-likeness (QED) is 0.326. The van der Waals surface area contributed by atoms with Crippen LogP contribution in [0.25, 0.3) is 0 Å². The van der Waals surface area contributed by atoms with Gasteiger partial charge in [-0.2, -0.15) is 0 Å². The molecule has 0 aliphatic rings. The van der Waals surface area contributed by atoms with Gasteiger partial charge in [0, 0.05) is 6.42 Å². The normalized spacial score (nSPS) is 12.4. The van der Waals surface area contributed by atoms with Crippen molar-refractivity contribution in [3.05, 3.63) is 0 Å². The molecule has 0 bridgehead atoms. The summed E-state index contributed by atoms with van der Waals surface area (Å²) in [6, 6.07) is 0. The zero-order valence-corrected chi connectivity index (χ0v) is 13.4. The predicted molar refractivity (Wildman–Crippen MR) is 82.3 cm³/mol. The van der Waals surface area contributed by atoms with Crippen LogP contribution < -0.4 is 0 Å². The highest BCUT2D eigenvalue weighted by molar-refractivity contribution is 5.69. The average molecular weight is 270 g/mol. The van der Waals surface area contributed by atoms with Crippen molar-refractivity contribution in [2.24, 2.45) is 5.92 Å². The van der Waals surface area contributed by atoms with Gasteiger partial charge in [0.1, 0.15) is 0 Å². The predicted octanol–water partition coefficient (Wildman–Crippen LogP) is 5.50. The van der Waals surface area contributed by atoms with Crippen LogP contribution in [0.1, 0.15) is 91.4 Å². The largest absolute Gasteiger partial charge is 0.465 e. The number of rotatable bonds is 13. The molecule has 0 amide bonds. The summed E-state index contributed by atoms with van der Waals surface area (Å²) in [7, 11) is 0. The lowest BCUT2D eigenvalue weighted by atomic mass is 10.1. The van der Waals surface area contributed by atoms with Crippen LogP contribution in [0.3, 0.4) is 0 Å². The second kappa shape index (κ2) is 13.9. The van der Waals surface area contributed by atoms with E-state index < -0.39 is 0 Å². The maximum absolute atomic E-state index is 11.4. The highest BCUT2D eigenvalue weighted by Gasteiger charge is 2.05. The molecule has 0 aromatic rings. The summed E-state index contributed by atoms with van der Waals surface area (Å²) in [6.45, 7) is 7.08. The van der Waals surface area contributed by atoms with Crippen molar-refractivity contribution in [3.8, 4) is 0 Å². The van der Waals surface area contributed by atoms with E-state index >= 15 is 0 Å². The Balaban J connectivity index is 3.18. The van der Waals surface area contributed by atoms with Crippen LogP contribution in [-0.4, -0.2) is 12.6 Å². The Hall–Kier alpha value is -0.530. The summed E-state index contributed by atoms with van der Waals surface area (Å²) in [4.78, 5) is 11.4. The van der Waals surface area contributed by atoms with Crippen molar-refractivity contribution < 1.29 is 9.53 Å². The van der Waals surface area contributed by atoms with Crippen LogP contribution in [-0.2, 0) is 9.53 Å². The average Bonchev–Trinajstić information content (AvgIpc) is 2.42. The molecule has 0 rings (SSSR count). The minimum atomic E-state index is -0.0109. The standard InChI is InChI=1S/C17H34O2/c1-4-6-7-8-9-10-11-12-13-14-17(18)19-15-16(3)5-2/h16H,4-15H2,1-3H3/t16-/m0/s1. The van der Waals surface area contributed by atoms with Crippen molar-refractivity contribution in [3.63, 3.8) is 0 Å². The van der Waals surface area contributed by atoms with E-state index in [1.807, 2.05) is 0 Å². The van der Waals surface area contributed by atoms with Crippen molar-refractivity contribution in [1.29, 1.82) is 0 Å². The van der Waals surface area contributed by atoms with Gasteiger partial charge in [-0.1, -0.05) is 78.6 Å². The molecule has 0 unspecified atom stereocenters. The molecule has 114 valence electrons. The van der Waals surface area contributed by atoms with Crippen LogP contribution >= 0.6 is 0 Å². The zero-order chi connectivity index (χ0) is 14.3. The van der Waals surface area contributed by atoms with Crippen molar-refractivity contribution in [1.82, 2.24) is 0 Å². The van der Waals surface area contributed by atoms with Crippen LogP contribution in [0.2, 0.25) is 0 Å². The third-order valence-electron chi connectivity index (χ3n) is 3.71. The first-order valence-corrected chi connectivity index (χ1v) is 8.36. The maximum atomic E-state index is 11.4. The molecule has 0 N–H and O–H groups in total. The monoisotopic (exact) mass is 270 g/mol. The fourth-order valence-corrected chi connectivity index (χ4v) is 2.01. The third-order valence-corrected chi connectivity index (χ3v) is 3.71. The molecule has 0 fully saturated rings. The molecule has 0 aromatic carbocycles. The van der Waals surface area contributed by atoms with Crippen LogP contribution in [0.15, 0.2) is 0 Å². The van der Waals surface area contributed by atoms with Crippen LogP contribution in [0.5, 0.6) is 0 Å². The zero-order valence-electron chi connectivity index (χ0n) is 13.4. The van der Waals surface area contributed by atoms with Gasteiger partial charge in [0.15, 0.2) is 0 Å². The van der Waals surface area contributed by atoms with E-state index in [4.69, 9.17) is 4.74 Å². The molecule has 2 nitrogen and oxygen atoms in total. The van der Waals surface area contributed by atoms with Gasteiger partial charge in [-0.3, -0.25) is 4.79 Å². The van der Waals surface area contributed by atoms with E-state index in [1.54, 1.807) is 0 Å². The molecule has 1 atom stereocenters. The van der Waals surface area contributed by atoms with Crippen molar-refractivity contribution >= 4 is 5.97 Å². The Labute approximate surface area is 120 Å². The van der Waals surface area contributed by atoms with Gasteiger partial charge in [-0.15, -0.1) is 0 Å². The van der Waals surface area contributed by atoms with Gasteiger partial charge in [0.2, 0.25) is 0 Å². The van der Waals surface area contributed by atoms with Gasteiger partial charge >= 0.3 is 5.97 Å². The fourth-order valence-electron chi connectivity index (χ4n) is 2.01. The number of carbonyl (C=O) groups excluding carboxylic acids is 1. The Bertz CT molecular complexity index is 201. The summed E-state index contributed by atoms with van der Waals surface area (Å²) < 4.78 is 5.23. The number of carbonyl (C=O) groups is 1. The van der Waals surface area contributed by atoms with E-state index in [0.717, 1.165) is 12.8 Å². The first-order chi connectivity index (χ1) is 9.20. The number of hydrogen-bond acceptors (Lipinski definition) is 2. The molecule has 19 heavy (non-hydrogen) atoms. The van der Waals surface area contributed by atoms with E-state index in [-0.39, 0.29) is 5.97 Å². The summed E-state index contributed by atoms with van der Waals surface area (Å²) in [5.74, 6) is 0.482. The first kappa shape index (κ1) is 18.5. The molecule has 0 saturated carbocycles. The number of esters is 1. The highest BCUT2D eigenvalue weighted by atomic mass is 16.5. The molecule has 0 aromatic heterocycles. The minimum Gasteiger partial charge on any atom is -0.465 e. The van der Waals surface area contributed by atoms with E-state index in [9.17, 15) is 4.79 Å². The fraction of sp³-hybridized carbons (Fsp3) is 0.941. The van der Waals surface area contributed by atoms with Gasteiger partial charge in [0.25, 0.3) is 0 Å². The molecule has 0 aliphatic heterocycles. The molecular formula is C17H34O2. The second-order valence-electron chi connectivity index (χ2n) is 5.77. The summed E-state index contributed by atoms with van der Waals surface area (Å²) >= 11 is 0. The number of hydrogen-bond donors (Lipinski definition) is 0. The summed E-state index contributed by atoms with van der Waals surface area (Å²) in [5, 5.41) is 0. The van der Waals surface area contributed by atoms with E-state index in [2.05, 4.69) is 20.8 Å². The third kappa shape index (κ3) is 13.7. The number of unbranched alkanes of at least 4 members (excludes halogenated alkanes) is 8. The SMILES string of the molecule is CCCCCCCCCCCC(=O)OC[C@@H](C)CC. The molecule has 0 radical (unpaired) electrons. The van der Waals surface area contributed by atoms with E-state index in [0.29, 0.717) is 18.9 Å². The van der Waals surface area contributed by atoms with Crippen molar-refractivity contribution in [2.75, 3.05) is 6.61 Å². The first-order valence-electron chi connectivity index (χ1n) is 8.36. The Morgan fingerprint density at radius 3 is 1.95 bits per heavy atom. The molecule has 0 heterocycles. The topological polar surface area (TPSA) is 26.3 Å². The summed E-state index contributed by atoms with van der Waals surface area (Å²) in [5.41, 5.74) is 0. The van der Waals surface area contributed by atoms with Crippen LogP contribution in [0, 0.1) is 5.92 Å². The van der Waals surface area contributed by atoms with Crippen LogP contribution in [0.4, 0.5) is 0 Å². The smallest absolute Gasteiger partial charge is 0.305 e. The Kier molecular flexibility index (Phi) is 13.5. The van der Waals surface area contributed by atoms with Gasteiger partial charge in [-0.05, 0) is 12.3 Å². The van der Waals surface area contributed by atoms with E-state index in [1.165, 1.54) is 51.4 Å². The second-order valence-corrected chi connectivity index (χ2v) is 5.77. The minimum absolute atomic E-state index is 0.0109. The number of ether oxygens (including phenoxy) is 1. The highest BCUT2D eigenvalue weighted by Crippen LogP contribution is 2.11. The van der Waals surface area contributed by atoms with Gasteiger partial charge in [0.05, 0.1) is 6.61 Å². The lowest BCUT2D eigenvalue weighted by Gasteiger charge is -2.09. The Morgan fingerprint density at radius 1 is 0.895 bits per heavy atom. The lowest BCUT2D eigenvalue weighted by Crippen LogP contribution is -2.11. The Morgan fingerprint density at radius 2 is 1.42 bits per heavy atom.